The minimum absolute atomic E-state index is 0.0259. The first-order valence-electron chi connectivity index (χ1n) is 7.83. The number of halogens is 1. The van der Waals surface area contributed by atoms with E-state index in [1.165, 1.54) is 11.1 Å². The Morgan fingerprint density at radius 1 is 1.12 bits per heavy atom. The summed E-state index contributed by atoms with van der Waals surface area (Å²) in [5, 5.41) is 3.60. The third-order valence-corrected chi connectivity index (χ3v) is 4.56. The molecule has 5 heteroatoms. The van der Waals surface area contributed by atoms with Gasteiger partial charge in [-0.2, -0.15) is 0 Å². The smallest absolute Gasteiger partial charge is 0.230 e. The molecular formula is C19H22ClNO2S. The number of carbonyl (C=O) groups is 1. The molecule has 0 saturated carbocycles. The maximum Gasteiger partial charge on any atom is 0.230 e. The molecule has 0 bridgehead atoms. The fourth-order valence-corrected chi connectivity index (χ4v) is 3.21. The molecule has 0 heterocycles. The van der Waals surface area contributed by atoms with Crippen LogP contribution in [0.2, 0.25) is 5.02 Å². The molecule has 0 saturated heterocycles. The number of aryl methyl sites for hydroxylation is 2. The molecule has 2 rings (SSSR count). The van der Waals surface area contributed by atoms with Crippen LogP contribution in [0.4, 0.5) is 0 Å². The monoisotopic (exact) mass is 363 g/mol. The lowest BCUT2D eigenvalue weighted by Gasteiger charge is -2.09. The van der Waals surface area contributed by atoms with Gasteiger partial charge in [-0.1, -0.05) is 29.8 Å². The van der Waals surface area contributed by atoms with Crippen LogP contribution < -0.4 is 10.1 Å². The van der Waals surface area contributed by atoms with Crippen LogP contribution in [0.15, 0.2) is 42.5 Å². The summed E-state index contributed by atoms with van der Waals surface area (Å²) in [6.45, 7) is 5.06. The molecule has 2 aromatic rings. The number of thioether (sulfide) groups is 1. The summed E-state index contributed by atoms with van der Waals surface area (Å²) in [5.41, 5.74) is 3.51. The Bertz CT molecular complexity index is 653. The zero-order valence-corrected chi connectivity index (χ0v) is 15.5. The molecule has 0 fully saturated rings. The van der Waals surface area contributed by atoms with Crippen LogP contribution in [0.3, 0.4) is 0 Å². The highest BCUT2D eigenvalue weighted by Crippen LogP contribution is 2.16. The van der Waals surface area contributed by atoms with Gasteiger partial charge in [-0.15, -0.1) is 11.8 Å². The van der Waals surface area contributed by atoms with Crippen LogP contribution in [-0.2, 0) is 10.5 Å². The molecule has 128 valence electrons. The highest BCUT2D eigenvalue weighted by atomic mass is 35.5. The molecule has 1 amide bonds. The van der Waals surface area contributed by atoms with Gasteiger partial charge in [0.05, 0.1) is 12.3 Å². The Labute approximate surface area is 152 Å². The maximum atomic E-state index is 11.8. The standard InChI is InChI=1S/C19H22ClNO2S/c1-14-9-15(2)11-18(10-14)23-8-7-21-19(22)13-24-12-16-3-5-17(20)6-4-16/h3-6,9-11H,7-8,12-13H2,1-2H3,(H,21,22). The van der Waals surface area contributed by atoms with Gasteiger partial charge < -0.3 is 10.1 Å². The zero-order valence-electron chi connectivity index (χ0n) is 14.0. The molecule has 2 aromatic carbocycles. The molecule has 0 aromatic heterocycles. The first-order chi connectivity index (χ1) is 11.5. The number of amides is 1. The lowest BCUT2D eigenvalue weighted by Crippen LogP contribution is -2.29. The molecule has 0 radical (unpaired) electrons. The first kappa shape index (κ1) is 18.7. The van der Waals surface area contributed by atoms with Gasteiger partial charge in [-0.05, 0) is 54.8 Å². The number of rotatable bonds is 8. The van der Waals surface area contributed by atoms with Crippen molar-refractivity contribution in [2.24, 2.45) is 0 Å². The van der Waals surface area contributed by atoms with E-state index < -0.39 is 0 Å². The van der Waals surface area contributed by atoms with E-state index in [1.807, 2.05) is 50.2 Å². The first-order valence-corrected chi connectivity index (χ1v) is 9.36. The molecule has 0 atom stereocenters. The summed E-state index contributed by atoms with van der Waals surface area (Å²) in [7, 11) is 0. The lowest BCUT2D eigenvalue weighted by molar-refractivity contribution is -0.118. The van der Waals surface area contributed by atoms with Crippen LogP contribution in [0.5, 0.6) is 5.75 Å². The number of nitrogens with one attached hydrogen (secondary N) is 1. The molecule has 0 unspecified atom stereocenters. The third kappa shape index (κ3) is 6.85. The second kappa shape index (κ2) is 9.60. The van der Waals surface area contributed by atoms with Crippen LogP contribution >= 0.6 is 23.4 Å². The lowest BCUT2D eigenvalue weighted by atomic mass is 10.1. The van der Waals surface area contributed by atoms with Crippen LogP contribution in [0.1, 0.15) is 16.7 Å². The Morgan fingerprint density at radius 3 is 2.46 bits per heavy atom. The molecule has 0 aliphatic rings. The second-order valence-corrected chi connectivity index (χ2v) is 7.06. The van der Waals surface area contributed by atoms with Gasteiger partial charge in [0, 0.05) is 10.8 Å². The minimum atomic E-state index is 0.0259. The fourth-order valence-electron chi connectivity index (χ4n) is 2.27. The van der Waals surface area contributed by atoms with Gasteiger partial charge in [0.1, 0.15) is 12.4 Å². The summed E-state index contributed by atoms with van der Waals surface area (Å²) < 4.78 is 5.67. The molecule has 0 aliphatic heterocycles. The number of benzene rings is 2. The highest BCUT2D eigenvalue weighted by molar-refractivity contribution is 7.99. The van der Waals surface area contributed by atoms with Crippen molar-refractivity contribution in [3.8, 4) is 5.75 Å². The summed E-state index contributed by atoms with van der Waals surface area (Å²) in [4.78, 5) is 11.8. The topological polar surface area (TPSA) is 38.3 Å². The van der Waals surface area contributed by atoms with Crippen LogP contribution in [0.25, 0.3) is 0 Å². The van der Waals surface area contributed by atoms with Gasteiger partial charge in [0.25, 0.3) is 0 Å². The van der Waals surface area contributed by atoms with Crippen molar-refractivity contribution < 1.29 is 9.53 Å². The Hall–Kier alpha value is -1.65. The number of ether oxygens (including phenoxy) is 1. The normalized spacial score (nSPS) is 10.5. The van der Waals surface area contributed by atoms with E-state index in [9.17, 15) is 4.79 Å². The van der Waals surface area contributed by atoms with Crippen LogP contribution in [0, 0.1) is 13.8 Å². The minimum Gasteiger partial charge on any atom is -0.492 e. The molecule has 3 nitrogen and oxygen atoms in total. The maximum absolute atomic E-state index is 11.8. The average Bonchev–Trinajstić information content (AvgIpc) is 2.53. The van der Waals surface area contributed by atoms with Gasteiger partial charge in [-0.25, -0.2) is 0 Å². The fraction of sp³-hybridized carbons (Fsp3) is 0.316. The van der Waals surface area contributed by atoms with Crippen molar-refractivity contribution in [2.45, 2.75) is 19.6 Å². The summed E-state index contributed by atoms with van der Waals surface area (Å²) >= 11 is 7.43. The Balaban J connectivity index is 1.60. The van der Waals surface area contributed by atoms with E-state index in [0.717, 1.165) is 22.1 Å². The number of hydrogen-bond acceptors (Lipinski definition) is 3. The van der Waals surface area contributed by atoms with Gasteiger partial charge >= 0.3 is 0 Å². The Morgan fingerprint density at radius 2 is 1.79 bits per heavy atom. The summed E-state index contributed by atoms with van der Waals surface area (Å²) in [5.74, 6) is 2.10. The molecule has 0 aliphatic carbocycles. The van der Waals surface area contributed by atoms with E-state index >= 15 is 0 Å². The summed E-state index contributed by atoms with van der Waals surface area (Å²) in [6, 6.07) is 13.8. The van der Waals surface area contributed by atoms with Crippen molar-refractivity contribution in [3.63, 3.8) is 0 Å². The third-order valence-electron chi connectivity index (χ3n) is 3.30. The number of hydrogen-bond donors (Lipinski definition) is 1. The van der Waals surface area contributed by atoms with Gasteiger partial charge in [-0.3, -0.25) is 4.79 Å². The van der Waals surface area contributed by atoms with Crippen molar-refractivity contribution in [2.75, 3.05) is 18.9 Å². The quantitative estimate of drug-likeness (QED) is 0.707. The second-order valence-electron chi connectivity index (χ2n) is 5.64. The van der Waals surface area contributed by atoms with E-state index in [-0.39, 0.29) is 5.91 Å². The molecule has 1 N–H and O–H groups in total. The van der Waals surface area contributed by atoms with Crippen LogP contribution in [-0.4, -0.2) is 24.8 Å². The molecular weight excluding hydrogens is 342 g/mol. The van der Waals surface area contributed by atoms with Crippen molar-refractivity contribution in [1.29, 1.82) is 0 Å². The van der Waals surface area contributed by atoms with E-state index in [2.05, 4.69) is 11.4 Å². The van der Waals surface area contributed by atoms with E-state index in [4.69, 9.17) is 16.3 Å². The predicted molar refractivity (Wildman–Crippen MR) is 102 cm³/mol. The van der Waals surface area contributed by atoms with Gasteiger partial charge in [0.15, 0.2) is 0 Å². The highest BCUT2D eigenvalue weighted by Gasteiger charge is 2.02. The summed E-state index contributed by atoms with van der Waals surface area (Å²) in [6.07, 6.45) is 0. The van der Waals surface area contributed by atoms with E-state index in [0.29, 0.717) is 18.9 Å². The van der Waals surface area contributed by atoms with Crippen molar-refractivity contribution >= 4 is 29.3 Å². The predicted octanol–water partition coefficient (Wildman–Crippen LogP) is 4.39. The average molecular weight is 364 g/mol. The van der Waals surface area contributed by atoms with Crippen molar-refractivity contribution in [1.82, 2.24) is 5.32 Å². The largest absolute Gasteiger partial charge is 0.492 e. The molecule has 0 spiro atoms. The Kier molecular flexibility index (Phi) is 7.47. The van der Waals surface area contributed by atoms with Gasteiger partial charge in [0.2, 0.25) is 5.91 Å². The van der Waals surface area contributed by atoms with E-state index in [1.54, 1.807) is 11.8 Å². The number of carbonyl (C=O) groups excluding carboxylic acids is 1. The zero-order chi connectivity index (χ0) is 17.4. The molecule has 24 heavy (non-hydrogen) atoms. The van der Waals surface area contributed by atoms with Crippen molar-refractivity contribution in [3.05, 3.63) is 64.2 Å². The SMILES string of the molecule is Cc1cc(C)cc(OCCNC(=O)CSCc2ccc(Cl)cc2)c1.